The Morgan fingerprint density at radius 2 is 1.97 bits per heavy atom. The second kappa shape index (κ2) is 10.4. The first-order chi connectivity index (χ1) is 16.1. The second-order valence-corrected chi connectivity index (χ2v) is 8.22. The number of aromatic nitrogens is 6. The molecule has 4 rings (SSSR count). The van der Waals surface area contributed by atoms with Gasteiger partial charge in [-0.1, -0.05) is 30.8 Å². The minimum absolute atomic E-state index is 0.142. The highest BCUT2D eigenvalue weighted by atomic mass is 32.2. The predicted octanol–water partition coefficient (Wildman–Crippen LogP) is 2.29. The van der Waals surface area contributed by atoms with Crippen LogP contribution in [0.25, 0.3) is 21.9 Å². The Labute approximate surface area is 194 Å². The van der Waals surface area contributed by atoms with Gasteiger partial charge in [-0.2, -0.15) is 5.10 Å². The van der Waals surface area contributed by atoms with E-state index in [0.29, 0.717) is 29.1 Å². The smallest absolute Gasteiger partial charge is 0.261 e. The van der Waals surface area contributed by atoms with Gasteiger partial charge in [0.1, 0.15) is 5.82 Å². The standard InChI is InChI=1S/C22H26N8O2S/c1-3-9-24-19-16-13-26-30(20(16)28-22(27-19)33-2)12-10-23-18(31)8-11-29-14-25-17-7-5-4-6-15(17)21(29)32/h4-7,13-14H,3,8-12H2,1-2H3,(H,23,31)(H,24,27,28). The van der Waals surface area contributed by atoms with E-state index in [1.54, 1.807) is 29.1 Å². The second-order valence-electron chi connectivity index (χ2n) is 7.45. The molecular formula is C22H26N8O2S. The molecule has 0 radical (unpaired) electrons. The maximum Gasteiger partial charge on any atom is 0.261 e. The number of benzene rings is 1. The highest BCUT2D eigenvalue weighted by molar-refractivity contribution is 7.98. The number of nitrogens with zero attached hydrogens (tertiary/aromatic N) is 6. The third-order valence-electron chi connectivity index (χ3n) is 5.16. The van der Waals surface area contributed by atoms with Crippen LogP contribution in [0.15, 0.2) is 46.7 Å². The van der Waals surface area contributed by atoms with Crippen LogP contribution in [0.3, 0.4) is 0 Å². The number of nitrogens with one attached hydrogen (secondary N) is 2. The largest absolute Gasteiger partial charge is 0.369 e. The van der Waals surface area contributed by atoms with Crippen molar-refractivity contribution in [1.82, 2.24) is 34.6 Å². The van der Waals surface area contributed by atoms with Gasteiger partial charge < -0.3 is 10.6 Å². The normalized spacial score (nSPS) is 11.2. The minimum Gasteiger partial charge on any atom is -0.369 e. The van der Waals surface area contributed by atoms with E-state index in [0.717, 1.165) is 29.8 Å². The third-order valence-corrected chi connectivity index (χ3v) is 5.71. The molecule has 0 aliphatic carbocycles. The first kappa shape index (κ1) is 22.7. The Morgan fingerprint density at radius 1 is 1.12 bits per heavy atom. The zero-order valence-corrected chi connectivity index (χ0v) is 19.4. The summed E-state index contributed by atoms with van der Waals surface area (Å²) in [5, 5.41) is 12.7. The molecule has 0 saturated carbocycles. The molecule has 3 aromatic heterocycles. The zero-order chi connectivity index (χ0) is 23.2. The molecule has 0 saturated heterocycles. The Bertz CT molecular complexity index is 1330. The molecule has 2 N–H and O–H groups in total. The van der Waals surface area contributed by atoms with E-state index in [4.69, 9.17) is 0 Å². The number of aryl methyl sites for hydroxylation is 1. The van der Waals surface area contributed by atoms with Crippen LogP contribution in [-0.4, -0.2) is 54.6 Å². The predicted molar refractivity (Wildman–Crippen MR) is 130 cm³/mol. The summed E-state index contributed by atoms with van der Waals surface area (Å²) in [5.74, 6) is 0.632. The maximum absolute atomic E-state index is 12.5. The maximum atomic E-state index is 12.5. The molecular weight excluding hydrogens is 440 g/mol. The molecule has 4 aromatic rings. The van der Waals surface area contributed by atoms with E-state index in [-0.39, 0.29) is 24.4 Å². The van der Waals surface area contributed by atoms with Gasteiger partial charge in [0.25, 0.3) is 5.56 Å². The lowest BCUT2D eigenvalue weighted by molar-refractivity contribution is -0.121. The molecule has 0 bridgehead atoms. The van der Waals surface area contributed by atoms with Gasteiger partial charge in [0.15, 0.2) is 10.8 Å². The number of hydrogen-bond donors (Lipinski definition) is 2. The monoisotopic (exact) mass is 466 g/mol. The van der Waals surface area contributed by atoms with E-state index in [2.05, 4.69) is 37.6 Å². The Kier molecular flexibility index (Phi) is 7.18. The molecule has 0 atom stereocenters. The van der Waals surface area contributed by atoms with Crippen molar-refractivity contribution in [2.24, 2.45) is 0 Å². The summed E-state index contributed by atoms with van der Waals surface area (Å²) in [4.78, 5) is 38.3. The number of anilines is 1. The molecule has 0 spiro atoms. The number of carbonyl (C=O) groups is 1. The molecule has 1 amide bonds. The van der Waals surface area contributed by atoms with Crippen LogP contribution in [0.2, 0.25) is 0 Å². The van der Waals surface area contributed by atoms with Crippen molar-refractivity contribution >= 4 is 45.4 Å². The number of rotatable bonds is 10. The van der Waals surface area contributed by atoms with Crippen LogP contribution in [0, 0.1) is 0 Å². The topological polar surface area (TPSA) is 120 Å². The SMILES string of the molecule is CCCNc1nc(SC)nc2c1cnn2CCNC(=O)CCn1cnc2ccccc2c1=O. The number of fused-ring (bicyclic) bond motifs is 2. The van der Waals surface area contributed by atoms with Gasteiger partial charge in [0, 0.05) is 26.1 Å². The lowest BCUT2D eigenvalue weighted by atomic mass is 10.2. The quantitative estimate of drug-likeness (QED) is 0.270. The Balaban J connectivity index is 1.36. The summed E-state index contributed by atoms with van der Waals surface area (Å²) < 4.78 is 3.24. The van der Waals surface area contributed by atoms with Crippen molar-refractivity contribution < 1.29 is 4.79 Å². The number of amides is 1. The highest BCUT2D eigenvalue weighted by Gasteiger charge is 2.13. The molecule has 0 unspecified atom stereocenters. The van der Waals surface area contributed by atoms with E-state index in [1.165, 1.54) is 22.7 Å². The molecule has 1 aromatic carbocycles. The summed E-state index contributed by atoms with van der Waals surface area (Å²) in [6.45, 7) is 4.06. The number of carbonyl (C=O) groups excluding carboxylic acids is 1. The highest BCUT2D eigenvalue weighted by Crippen LogP contribution is 2.23. The lowest BCUT2D eigenvalue weighted by Gasteiger charge is -2.09. The molecule has 0 fully saturated rings. The zero-order valence-electron chi connectivity index (χ0n) is 18.6. The summed E-state index contributed by atoms with van der Waals surface area (Å²) >= 11 is 1.47. The molecule has 33 heavy (non-hydrogen) atoms. The van der Waals surface area contributed by atoms with Gasteiger partial charge in [0.05, 0.1) is 35.4 Å². The van der Waals surface area contributed by atoms with Crippen molar-refractivity contribution in [3.05, 3.63) is 47.1 Å². The van der Waals surface area contributed by atoms with Crippen LogP contribution < -0.4 is 16.2 Å². The van der Waals surface area contributed by atoms with Crippen molar-refractivity contribution in [2.75, 3.05) is 24.7 Å². The fourth-order valence-electron chi connectivity index (χ4n) is 3.45. The Hall–Kier alpha value is -3.47. The molecule has 0 aliphatic heterocycles. The third kappa shape index (κ3) is 5.14. The van der Waals surface area contributed by atoms with Gasteiger partial charge in [0.2, 0.25) is 5.91 Å². The number of para-hydroxylation sites is 1. The van der Waals surface area contributed by atoms with Crippen LogP contribution >= 0.6 is 11.8 Å². The van der Waals surface area contributed by atoms with Crippen LogP contribution in [0.5, 0.6) is 0 Å². The number of thioether (sulfide) groups is 1. The van der Waals surface area contributed by atoms with Crippen molar-refractivity contribution in [1.29, 1.82) is 0 Å². The molecule has 10 nitrogen and oxygen atoms in total. The fourth-order valence-corrected chi connectivity index (χ4v) is 3.81. The molecule has 3 heterocycles. The van der Waals surface area contributed by atoms with Crippen molar-refractivity contribution in [2.45, 2.75) is 38.0 Å². The molecule has 172 valence electrons. The summed E-state index contributed by atoms with van der Waals surface area (Å²) in [6, 6.07) is 7.18. The molecule has 11 heteroatoms. The van der Waals surface area contributed by atoms with Gasteiger partial charge in [-0.3, -0.25) is 14.2 Å². The van der Waals surface area contributed by atoms with Crippen molar-refractivity contribution in [3.63, 3.8) is 0 Å². The van der Waals surface area contributed by atoms with Gasteiger partial charge in [-0.15, -0.1) is 0 Å². The Morgan fingerprint density at radius 3 is 2.79 bits per heavy atom. The fraction of sp³-hybridized carbons (Fsp3) is 0.364. The average Bonchev–Trinajstić information content (AvgIpc) is 3.25. The van der Waals surface area contributed by atoms with E-state index in [1.807, 2.05) is 12.3 Å². The minimum atomic E-state index is -0.145. The molecule has 0 aliphatic rings. The van der Waals surface area contributed by atoms with Crippen LogP contribution in [0.4, 0.5) is 5.82 Å². The van der Waals surface area contributed by atoms with Gasteiger partial charge in [-0.25, -0.2) is 19.6 Å². The number of hydrogen-bond acceptors (Lipinski definition) is 8. The summed E-state index contributed by atoms with van der Waals surface area (Å²) in [5.41, 5.74) is 1.24. The van der Waals surface area contributed by atoms with Gasteiger partial charge in [-0.05, 0) is 24.8 Å². The first-order valence-electron chi connectivity index (χ1n) is 10.8. The lowest BCUT2D eigenvalue weighted by Crippen LogP contribution is -2.30. The van der Waals surface area contributed by atoms with Gasteiger partial charge >= 0.3 is 0 Å². The van der Waals surface area contributed by atoms with E-state index < -0.39 is 0 Å². The average molecular weight is 467 g/mol. The summed E-state index contributed by atoms with van der Waals surface area (Å²) in [7, 11) is 0. The summed E-state index contributed by atoms with van der Waals surface area (Å²) in [6.07, 6.45) is 6.34. The van der Waals surface area contributed by atoms with E-state index >= 15 is 0 Å². The first-order valence-corrected chi connectivity index (χ1v) is 12.1. The van der Waals surface area contributed by atoms with Crippen molar-refractivity contribution in [3.8, 4) is 0 Å². The van der Waals surface area contributed by atoms with Crippen LogP contribution in [-0.2, 0) is 17.9 Å². The van der Waals surface area contributed by atoms with E-state index in [9.17, 15) is 9.59 Å². The van der Waals surface area contributed by atoms with Crippen LogP contribution in [0.1, 0.15) is 19.8 Å².